The Morgan fingerprint density at radius 1 is 1.22 bits per heavy atom. The maximum atomic E-state index is 14.8. The number of carbonyl (C=O) groups excluding carboxylic acids is 1. The summed E-state index contributed by atoms with van der Waals surface area (Å²) in [5.41, 5.74) is 0.966. The number of carbonyl (C=O) groups is 1. The zero-order valence-electron chi connectivity index (χ0n) is 21.8. The fourth-order valence-corrected chi connectivity index (χ4v) is 5.70. The van der Waals surface area contributed by atoms with E-state index in [-0.39, 0.29) is 35.5 Å². The van der Waals surface area contributed by atoms with Gasteiger partial charge in [0.2, 0.25) is 5.88 Å². The molecule has 1 N–H and O–H groups in total. The number of nitrogens with zero attached hydrogens (tertiary/aromatic N) is 3. The third-order valence-electron chi connectivity index (χ3n) is 6.65. The van der Waals surface area contributed by atoms with Crippen LogP contribution in [0.5, 0.6) is 5.88 Å². The van der Waals surface area contributed by atoms with Crippen LogP contribution in [0, 0.1) is 18.2 Å². The number of piperidine rings is 1. The second kappa shape index (κ2) is 10.6. The van der Waals surface area contributed by atoms with E-state index in [0.29, 0.717) is 60.9 Å². The molecular weight excluding hydrogens is 495 g/mol. The van der Waals surface area contributed by atoms with Gasteiger partial charge in [0, 0.05) is 23.0 Å². The zero-order chi connectivity index (χ0) is 26.2. The second-order valence-corrected chi connectivity index (χ2v) is 12.7. The maximum absolute atomic E-state index is 14.8. The highest BCUT2D eigenvalue weighted by Crippen LogP contribution is 2.40. The number of amides is 1. The smallest absolute Gasteiger partial charge is 0.410 e. The van der Waals surface area contributed by atoms with E-state index >= 15 is 0 Å². The molecule has 1 aliphatic carbocycles. The summed E-state index contributed by atoms with van der Waals surface area (Å²) in [7, 11) is 0. The van der Waals surface area contributed by atoms with Gasteiger partial charge in [-0.1, -0.05) is 20.8 Å². The summed E-state index contributed by atoms with van der Waals surface area (Å²) >= 11 is 1.72. The van der Waals surface area contributed by atoms with Crippen LogP contribution in [0.15, 0.2) is 29.4 Å². The quantitative estimate of drug-likeness (QED) is 0.487. The standard InChI is InChI=1S/C27H35FN4O4S/c1-16-24(31-23-8-7-21(11-22(23)28)37-20-5-6-20)29-15-30-25(16)36-19-9-17-12-34-13-18(10-19)32(17)26(33)35-14-27(2,3)4/h7-8,11,15,17-20H,5-6,9-10,12-14H2,1-4H3,(H,29,30,31). The third-order valence-corrected chi connectivity index (χ3v) is 7.98. The molecule has 37 heavy (non-hydrogen) atoms. The van der Waals surface area contributed by atoms with Crippen molar-refractivity contribution in [3.05, 3.63) is 35.9 Å². The zero-order valence-corrected chi connectivity index (χ0v) is 22.6. The van der Waals surface area contributed by atoms with Crippen LogP contribution in [0.3, 0.4) is 0 Å². The Hall–Kier alpha value is -2.59. The lowest BCUT2D eigenvalue weighted by molar-refractivity contribution is -0.0928. The van der Waals surface area contributed by atoms with Gasteiger partial charge in [0.25, 0.3) is 0 Å². The molecule has 200 valence electrons. The molecule has 2 bridgehead atoms. The lowest BCUT2D eigenvalue weighted by Gasteiger charge is -2.47. The fraction of sp³-hybridized carbons (Fsp3) is 0.593. The first-order valence-corrected chi connectivity index (χ1v) is 13.8. The Kier molecular flexibility index (Phi) is 7.49. The van der Waals surface area contributed by atoms with Crippen molar-refractivity contribution >= 4 is 29.4 Å². The molecule has 3 heterocycles. The van der Waals surface area contributed by atoms with Crippen molar-refractivity contribution in [1.82, 2.24) is 14.9 Å². The second-order valence-electron chi connectivity index (χ2n) is 11.3. The molecule has 1 saturated carbocycles. The first-order chi connectivity index (χ1) is 17.7. The summed E-state index contributed by atoms with van der Waals surface area (Å²) in [5.74, 6) is 0.634. The number of rotatable bonds is 7. The average Bonchev–Trinajstić information content (AvgIpc) is 3.64. The Labute approximate surface area is 221 Å². The molecule has 0 spiro atoms. The summed E-state index contributed by atoms with van der Waals surface area (Å²) in [6, 6.07) is 5.01. The van der Waals surface area contributed by atoms with Crippen LogP contribution in [0.25, 0.3) is 0 Å². The van der Waals surface area contributed by atoms with Gasteiger partial charge in [-0.15, -0.1) is 11.8 Å². The minimum Gasteiger partial charge on any atom is -0.474 e. The number of thioether (sulfide) groups is 1. The SMILES string of the molecule is Cc1c(Nc2ccc(SC3CC3)cc2F)ncnc1OC1CC2COCC(C1)N2C(=O)OCC(C)(C)C. The number of hydrogen-bond acceptors (Lipinski definition) is 8. The third kappa shape index (κ3) is 6.46. The molecule has 1 aromatic carbocycles. The van der Waals surface area contributed by atoms with Crippen LogP contribution < -0.4 is 10.1 Å². The van der Waals surface area contributed by atoms with Crippen molar-refractivity contribution in [2.45, 2.75) is 81.7 Å². The van der Waals surface area contributed by atoms with Gasteiger partial charge in [-0.25, -0.2) is 19.2 Å². The van der Waals surface area contributed by atoms with Crippen molar-refractivity contribution in [3.63, 3.8) is 0 Å². The van der Waals surface area contributed by atoms with Crippen LogP contribution in [-0.2, 0) is 9.47 Å². The number of morpholine rings is 1. The number of ether oxygens (including phenoxy) is 3. The number of fused-ring (bicyclic) bond motifs is 2. The van der Waals surface area contributed by atoms with Gasteiger partial charge >= 0.3 is 6.09 Å². The van der Waals surface area contributed by atoms with Gasteiger partial charge in [-0.2, -0.15) is 0 Å². The van der Waals surface area contributed by atoms with Gasteiger partial charge in [0.1, 0.15) is 24.1 Å². The summed E-state index contributed by atoms with van der Waals surface area (Å²) < 4.78 is 32.4. The van der Waals surface area contributed by atoms with E-state index in [1.165, 1.54) is 19.2 Å². The minimum atomic E-state index is -0.315. The lowest BCUT2D eigenvalue weighted by Crippen LogP contribution is -2.61. The van der Waals surface area contributed by atoms with E-state index in [1.54, 1.807) is 23.9 Å². The largest absolute Gasteiger partial charge is 0.474 e. The Bertz CT molecular complexity index is 1130. The van der Waals surface area contributed by atoms with Crippen molar-refractivity contribution in [2.24, 2.45) is 5.41 Å². The Morgan fingerprint density at radius 3 is 2.59 bits per heavy atom. The van der Waals surface area contributed by atoms with Crippen molar-refractivity contribution in [3.8, 4) is 5.88 Å². The molecule has 1 aromatic heterocycles. The number of halogens is 1. The normalized spacial score (nSPS) is 23.5. The average molecular weight is 531 g/mol. The first-order valence-electron chi connectivity index (χ1n) is 12.9. The molecule has 2 aromatic rings. The van der Waals surface area contributed by atoms with E-state index in [0.717, 1.165) is 4.90 Å². The first kappa shape index (κ1) is 26.0. The molecule has 3 aliphatic rings. The number of aromatic nitrogens is 2. The Morgan fingerprint density at radius 2 is 1.95 bits per heavy atom. The van der Waals surface area contributed by atoms with Gasteiger partial charge in [0.15, 0.2) is 0 Å². The van der Waals surface area contributed by atoms with E-state index in [9.17, 15) is 9.18 Å². The molecule has 1 amide bonds. The summed E-state index contributed by atoms with van der Waals surface area (Å²) in [6.45, 7) is 9.23. The molecule has 2 atom stereocenters. The molecule has 5 rings (SSSR count). The molecule has 2 aliphatic heterocycles. The van der Waals surface area contributed by atoms with E-state index in [4.69, 9.17) is 14.2 Å². The van der Waals surface area contributed by atoms with Crippen LogP contribution in [0.1, 0.15) is 52.0 Å². The summed E-state index contributed by atoms with van der Waals surface area (Å²) in [5, 5.41) is 3.72. The van der Waals surface area contributed by atoms with Crippen LogP contribution >= 0.6 is 11.8 Å². The number of hydrogen-bond donors (Lipinski definition) is 1. The fourth-order valence-electron chi connectivity index (χ4n) is 4.63. The van der Waals surface area contributed by atoms with Gasteiger partial charge in [-0.3, -0.25) is 4.90 Å². The molecule has 0 radical (unpaired) electrons. The summed E-state index contributed by atoms with van der Waals surface area (Å²) in [4.78, 5) is 24.3. The number of benzene rings is 1. The van der Waals surface area contributed by atoms with Gasteiger partial charge in [0.05, 0.1) is 43.2 Å². The van der Waals surface area contributed by atoms with Crippen molar-refractivity contribution in [2.75, 3.05) is 25.1 Å². The molecule has 2 saturated heterocycles. The maximum Gasteiger partial charge on any atom is 0.410 e. The highest BCUT2D eigenvalue weighted by atomic mass is 32.2. The lowest BCUT2D eigenvalue weighted by atomic mass is 9.92. The van der Waals surface area contributed by atoms with E-state index < -0.39 is 0 Å². The minimum absolute atomic E-state index is 0.0977. The highest BCUT2D eigenvalue weighted by molar-refractivity contribution is 8.00. The number of anilines is 2. The van der Waals surface area contributed by atoms with Crippen LogP contribution in [0.4, 0.5) is 20.7 Å². The predicted octanol–water partition coefficient (Wildman–Crippen LogP) is 5.72. The number of nitrogens with one attached hydrogen (secondary N) is 1. The molecule has 3 fully saturated rings. The molecule has 10 heteroatoms. The summed E-state index contributed by atoms with van der Waals surface area (Å²) in [6.07, 6.45) is 4.61. The molecule has 8 nitrogen and oxygen atoms in total. The highest BCUT2D eigenvalue weighted by Gasteiger charge is 2.43. The predicted molar refractivity (Wildman–Crippen MR) is 140 cm³/mol. The van der Waals surface area contributed by atoms with Crippen LogP contribution in [0.2, 0.25) is 0 Å². The monoisotopic (exact) mass is 530 g/mol. The van der Waals surface area contributed by atoms with Gasteiger partial charge in [-0.05, 0) is 43.4 Å². The van der Waals surface area contributed by atoms with Crippen molar-refractivity contribution in [1.29, 1.82) is 0 Å². The van der Waals surface area contributed by atoms with Gasteiger partial charge < -0.3 is 19.5 Å². The van der Waals surface area contributed by atoms with E-state index in [2.05, 4.69) is 15.3 Å². The molecular formula is C27H35FN4O4S. The van der Waals surface area contributed by atoms with Crippen molar-refractivity contribution < 1.29 is 23.4 Å². The Balaban J connectivity index is 1.24. The van der Waals surface area contributed by atoms with E-state index in [1.807, 2.05) is 38.7 Å². The topological polar surface area (TPSA) is 85.8 Å². The molecule has 2 unspecified atom stereocenters. The van der Waals surface area contributed by atoms with Crippen LogP contribution in [-0.4, -0.2) is 64.2 Å².